The number of anilines is 1. The first-order valence-corrected chi connectivity index (χ1v) is 10.6. The molecule has 0 bridgehead atoms. The molecule has 0 spiro atoms. The van der Waals surface area contributed by atoms with Crippen LogP contribution in [0.25, 0.3) is 0 Å². The first kappa shape index (κ1) is 20.2. The van der Waals surface area contributed by atoms with Gasteiger partial charge in [0.25, 0.3) is 11.8 Å². The molecule has 0 unspecified atom stereocenters. The monoisotopic (exact) mass is 433 g/mol. The van der Waals surface area contributed by atoms with Crippen LogP contribution in [0.5, 0.6) is 0 Å². The smallest absolute Gasteiger partial charge is 0.258 e. The summed E-state index contributed by atoms with van der Waals surface area (Å²) in [5.74, 6) is -0.499. The van der Waals surface area contributed by atoms with Gasteiger partial charge in [-0.3, -0.25) is 24.6 Å². The summed E-state index contributed by atoms with van der Waals surface area (Å²) >= 11 is 0. The molecule has 3 amide bonds. The summed E-state index contributed by atoms with van der Waals surface area (Å²) in [6.07, 6.45) is 0. The molecule has 0 atom stereocenters. The Hall–Kier alpha value is -3.09. The number of carbonyl (C=O) groups is 3. The largest absolute Gasteiger partial charge is 0.360 e. The average molecular weight is 433 g/mol. The Labute approximate surface area is 172 Å². The van der Waals surface area contributed by atoms with E-state index < -0.39 is 21.8 Å². The first-order valence-electron chi connectivity index (χ1n) is 9.19. The van der Waals surface area contributed by atoms with E-state index in [-0.39, 0.29) is 41.6 Å². The topological polar surface area (TPSA) is 142 Å². The zero-order valence-electron chi connectivity index (χ0n) is 16.0. The Balaban J connectivity index is 1.37. The van der Waals surface area contributed by atoms with E-state index in [2.05, 4.69) is 15.8 Å². The maximum Gasteiger partial charge on any atom is 0.258 e. The van der Waals surface area contributed by atoms with Crippen LogP contribution in [-0.4, -0.2) is 73.2 Å². The highest BCUT2D eigenvalue weighted by molar-refractivity contribution is 7.89. The van der Waals surface area contributed by atoms with Crippen molar-refractivity contribution < 1.29 is 27.3 Å². The lowest BCUT2D eigenvalue weighted by atomic mass is 10.1. The van der Waals surface area contributed by atoms with Crippen molar-refractivity contribution in [2.75, 3.05) is 38.0 Å². The van der Waals surface area contributed by atoms with E-state index in [0.29, 0.717) is 24.7 Å². The number of rotatable bonds is 5. The number of nitrogens with one attached hydrogen (secondary N) is 2. The van der Waals surface area contributed by atoms with Crippen molar-refractivity contribution in [3.05, 3.63) is 41.2 Å². The second-order valence-corrected chi connectivity index (χ2v) is 8.98. The lowest BCUT2D eigenvalue weighted by Gasteiger charge is -2.33. The number of aromatic nitrogens is 1. The number of piperazine rings is 1. The molecule has 3 heterocycles. The summed E-state index contributed by atoms with van der Waals surface area (Å²) in [7, 11) is -3.83. The Kier molecular flexibility index (Phi) is 5.13. The summed E-state index contributed by atoms with van der Waals surface area (Å²) in [6, 6.07) is 5.50. The molecule has 2 aliphatic heterocycles. The van der Waals surface area contributed by atoms with Crippen molar-refractivity contribution in [2.45, 2.75) is 11.8 Å². The molecule has 2 aliphatic rings. The predicted octanol–water partition coefficient (Wildman–Crippen LogP) is -0.188. The second kappa shape index (κ2) is 7.63. The molecule has 2 aromatic rings. The molecule has 0 radical (unpaired) electrons. The molecule has 1 fully saturated rings. The number of sulfonamides is 1. The van der Waals surface area contributed by atoms with Crippen LogP contribution in [-0.2, 0) is 14.8 Å². The van der Waals surface area contributed by atoms with E-state index in [0.717, 1.165) is 0 Å². The molecular formula is C18H19N5O6S. The summed E-state index contributed by atoms with van der Waals surface area (Å²) in [6.45, 7) is 2.94. The fourth-order valence-electron chi connectivity index (χ4n) is 3.40. The standard InChI is InChI=1S/C18H19N5O6S/c1-11-8-15(21-29-11)19-16(24)10-22-4-6-23(7-5-22)30(27,28)12-2-3-13-14(9-12)18(26)20-17(13)25/h2-3,8-9H,4-7,10H2,1H3,(H,19,21,24)(H,20,25,26). The van der Waals surface area contributed by atoms with Crippen molar-refractivity contribution in [3.63, 3.8) is 0 Å². The number of aryl methyl sites for hydroxylation is 1. The molecule has 12 heteroatoms. The van der Waals surface area contributed by atoms with E-state index in [1.54, 1.807) is 13.0 Å². The van der Waals surface area contributed by atoms with Gasteiger partial charge in [0, 0.05) is 32.2 Å². The van der Waals surface area contributed by atoms with Crippen molar-refractivity contribution in [1.82, 2.24) is 19.7 Å². The van der Waals surface area contributed by atoms with Gasteiger partial charge in [-0.25, -0.2) is 8.42 Å². The third-order valence-corrected chi connectivity index (χ3v) is 6.83. The average Bonchev–Trinajstić information content (AvgIpc) is 3.24. The van der Waals surface area contributed by atoms with Gasteiger partial charge in [0.05, 0.1) is 22.6 Å². The second-order valence-electron chi connectivity index (χ2n) is 7.04. The van der Waals surface area contributed by atoms with Gasteiger partial charge < -0.3 is 9.84 Å². The number of hydrogen-bond donors (Lipinski definition) is 2. The van der Waals surface area contributed by atoms with Crippen LogP contribution >= 0.6 is 0 Å². The molecule has 0 saturated carbocycles. The Bertz CT molecular complexity index is 1130. The van der Waals surface area contributed by atoms with Crippen LogP contribution in [0.4, 0.5) is 5.82 Å². The molecule has 1 aromatic heterocycles. The highest BCUT2D eigenvalue weighted by Gasteiger charge is 2.33. The fraction of sp³-hybridized carbons (Fsp3) is 0.333. The van der Waals surface area contributed by atoms with E-state index in [1.165, 1.54) is 22.5 Å². The zero-order valence-corrected chi connectivity index (χ0v) is 16.9. The molecule has 158 valence electrons. The molecule has 1 aromatic carbocycles. The summed E-state index contributed by atoms with van der Waals surface area (Å²) in [4.78, 5) is 37.4. The maximum atomic E-state index is 12.9. The molecule has 30 heavy (non-hydrogen) atoms. The molecule has 2 N–H and O–H groups in total. The minimum Gasteiger partial charge on any atom is -0.360 e. The molecule has 11 nitrogen and oxygen atoms in total. The van der Waals surface area contributed by atoms with Crippen molar-refractivity contribution in [2.24, 2.45) is 0 Å². The zero-order chi connectivity index (χ0) is 21.5. The number of carbonyl (C=O) groups excluding carboxylic acids is 3. The number of benzene rings is 1. The van der Waals surface area contributed by atoms with Crippen molar-refractivity contribution in [1.29, 1.82) is 0 Å². The van der Waals surface area contributed by atoms with Crippen LogP contribution in [0.2, 0.25) is 0 Å². The van der Waals surface area contributed by atoms with Gasteiger partial charge in [-0.1, -0.05) is 5.16 Å². The maximum absolute atomic E-state index is 12.9. The number of fused-ring (bicyclic) bond motifs is 1. The minimum atomic E-state index is -3.83. The highest BCUT2D eigenvalue weighted by Crippen LogP contribution is 2.23. The summed E-state index contributed by atoms with van der Waals surface area (Å²) in [5.41, 5.74) is 0.219. The van der Waals surface area contributed by atoms with Crippen molar-refractivity contribution >= 4 is 33.6 Å². The van der Waals surface area contributed by atoms with E-state index >= 15 is 0 Å². The molecule has 0 aliphatic carbocycles. The quantitative estimate of drug-likeness (QED) is 0.618. The molecule has 1 saturated heterocycles. The van der Waals surface area contributed by atoms with E-state index in [9.17, 15) is 22.8 Å². The van der Waals surface area contributed by atoms with E-state index in [1.807, 2.05) is 4.90 Å². The number of hydrogen-bond acceptors (Lipinski definition) is 8. The molecule has 4 rings (SSSR count). The number of amides is 3. The lowest BCUT2D eigenvalue weighted by Crippen LogP contribution is -2.50. The van der Waals surface area contributed by atoms with Crippen LogP contribution in [0, 0.1) is 6.92 Å². The van der Waals surface area contributed by atoms with Crippen LogP contribution in [0.15, 0.2) is 33.7 Å². The normalized spacial score (nSPS) is 17.6. The summed E-state index contributed by atoms with van der Waals surface area (Å²) in [5, 5.41) is 8.47. The van der Waals surface area contributed by atoms with Gasteiger partial charge in [-0.15, -0.1) is 0 Å². The molecular weight excluding hydrogens is 414 g/mol. The Morgan fingerprint density at radius 2 is 1.83 bits per heavy atom. The van der Waals surface area contributed by atoms with Crippen LogP contribution in [0.3, 0.4) is 0 Å². The van der Waals surface area contributed by atoms with Gasteiger partial charge in [0.15, 0.2) is 5.82 Å². The SMILES string of the molecule is Cc1cc(NC(=O)CN2CCN(S(=O)(=O)c3ccc4c(c3)C(=O)NC4=O)CC2)no1. The third-order valence-electron chi connectivity index (χ3n) is 4.94. The highest BCUT2D eigenvalue weighted by atomic mass is 32.2. The summed E-state index contributed by atoms with van der Waals surface area (Å²) < 4.78 is 32.1. The predicted molar refractivity (Wildman–Crippen MR) is 103 cm³/mol. The van der Waals surface area contributed by atoms with E-state index in [4.69, 9.17) is 4.52 Å². The third kappa shape index (κ3) is 3.84. The number of imide groups is 1. The van der Waals surface area contributed by atoms with Gasteiger partial charge in [0.2, 0.25) is 15.9 Å². The van der Waals surface area contributed by atoms with Gasteiger partial charge in [-0.2, -0.15) is 4.31 Å². The van der Waals surface area contributed by atoms with Crippen LogP contribution in [0.1, 0.15) is 26.5 Å². The van der Waals surface area contributed by atoms with Gasteiger partial charge in [-0.05, 0) is 25.1 Å². The van der Waals surface area contributed by atoms with Gasteiger partial charge >= 0.3 is 0 Å². The van der Waals surface area contributed by atoms with Gasteiger partial charge in [0.1, 0.15) is 5.76 Å². The lowest BCUT2D eigenvalue weighted by molar-refractivity contribution is -0.117. The minimum absolute atomic E-state index is 0.0429. The van der Waals surface area contributed by atoms with Crippen LogP contribution < -0.4 is 10.6 Å². The Morgan fingerprint density at radius 1 is 1.13 bits per heavy atom. The van der Waals surface area contributed by atoms with Crippen molar-refractivity contribution in [3.8, 4) is 0 Å². The Morgan fingerprint density at radius 3 is 2.50 bits per heavy atom. The number of nitrogens with zero attached hydrogens (tertiary/aromatic N) is 3. The first-order chi connectivity index (χ1) is 14.2. The fourth-order valence-corrected chi connectivity index (χ4v) is 4.84.